The van der Waals surface area contributed by atoms with Gasteiger partial charge in [0.15, 0.2) is 0 Å². The fourth-order valence-electron chi connectivity index (χ4n) is 1.99. The highest BCUT2D eigenvalue weighted by Crippen LogP contribution is 2.35. The monoisotopic (exact) mass is 270 g/mol. The van der Waals surface area contributed by atoms with Gasteiger partial charge in [-0.15, -0.1) is 0 Å². The summed E-state index contributed by atoms with van der Waals surface area (Å²) in [5, 5.41) is 5.12. The van der Waals surface area contributed by atoms with Gasteiger partial charge in [0.25, 0.3) is 0 Å². The Morgan fingerprint density at radius 3 is 2.67 bits per heavy atom. The maximum absolute atomic E-state index is 11.3. The van der Waals surface area contributed by atoms with E-state index >= 15 is 0 Å². The molecule has 0 aromatic heterocycles. The minimum atomic E-state index is -3.67. The van der Waals surface area contributed by atoms with E-state index in [-0.39, 0.29) is 11.0 Å². The van der Waals surface area contributed by atoms with Crippen molar-refractivity contribution in [3.63, 3.8) is 0 Å². The van der Waals surface area contributed by atoms with Crippen molar-refractivity contribution in [2.75, 3.05) is 18.5 Å². The van der Waals surface area contributed by atoms with Gasteiger partial charge < -0.3 is 9.64 Å². The van der Waals surface area contributed by atoms with Crippen LogP contribution in [0.4, 0.5) is 5.69 Å². The molecule has 1 atom stereocenters. The Bertz CT molecular complexity index is 554. The van der Waals surface area contributed by atoms with Gasteiger partial charge in [-0.3, -0.25) is 0 Å². The van der Waals surface area contributed by atoms with Gasteiger partial charge in [-0.25, -0.2) is 13.6 Å². The molecule has 0 saturated carbocycles. The van der Waals surface area contributed by atoms with E-state index in [4.69, 9.17) is 9.88 Å². The molecular weight excluding hydrogens is 252 g/mol. The van der Waals surface area contributed by atoms with Crippen LogP contribution in [0, 0.1) is 5.92 Å². The topological polar surface area (TPSA) is 72.6 Å². The highest BCUT2D eigenvalue weighted by atomic mass is 32.2. The van der Waals surface area contributed by atoms with Crippen molar-refractivity contribution in [3.05, 3.63) is 18.2 Å². The first-order valence-corrected chi connectivity index (χ1v) is 7.38. The van der Waals surface area contributed by atoms with Crippen molar-refractivity contribution in [3.8, 4) is 5.75 Å². The van der Waals surface area contributed by atoms with Crippen LogP contribution in [0.3, 0.4) is 0 Å². The number of fused-ring (bicyclic) bond motifs is 1. The average Bonchev–Trinajstić information content (AvgIpc) is 2.27. The summed E-state index contributed by atoms with van der Waals surface area (Å²) >= 11 is 0. The number of anilines is 1. The summed E-state index contributed by atoms with van der Waals surface area (Å²) in [7, 11) is -1.75. The van der Waals surface area contributed by atoms with Crippen LogP contribution in [-0.2, 0) is 10.0 Å². The van der Waals surface area contributed by atoms with E-state index in [0.29, 0.717) is 11.7 Å². The van der Waals surface area contributed by atoms with Crippen molar-refractivity contribution in [1.82, 2.24) is 0 Å². The van der Waals surface area contributed by atoms with E-state index in [1.54, 1.807) is 12.1 Å². The largest absolute Gasteiger partial charge is 0.486 e. The third-order valence-corrected chi connectivity index (χ3v) is 4.06. The van der Waals surface area contributed by atoms with E-state index in [1.165, 1.54) is 6.07 Å². The van der Waals surface area contributed by atoms with E-state index in [9.17, 15) is 8.42 Å². The zero-order chi connectivity index (χ0) is 13.5. The summed E-state index contributed by atoms with van der Waals surface area (Å²) in [6, 6.07) is 4.70. The molecule has 0 amide bonds. The molecule has 1 unspecified atom stereocenters. The minimum Gasteiger partial charge on any atom is -0.486 e. The van der Waals surface area contributed by atoms with Crippen molar-refractivity contribution in [2.24, 2.45) is 11.1 Å². The third kappa shape index (κ3) is 2.44. The second-order valence-electron chi connectivity index (χ2n) is 4.96. The highest BCUT2D eigenvalue weighted by molar-refractivity contribution is 7.89. The Hall–Kier alpha value is -1.27. The molecule has 100 valence electrons. The van der Waals surface area contributed by atoms with Crippen LogP contribution >= 0.6 is 0 Å². The van der Waals surface area contributed by atoms with Crippen LogP contribution in [0.5, 0.6) is 5.75 Å². The maximum Gasteiger partial charge on any atom is 0.238 e. The number of benzene rings is 1. The van der Waals surface area contributed by atoms with Crippen molar-refractivity contribution < 1.29 is 13.2 Å². The first-order valence-electron chi connectivity index (χ1n) is 5.83. The zero-order valence-electron chi connectivity index (χ0n) is 10.8. The molecule has 1 aromatic carbocycles. The Labute approximate surface area is 108 Å². The summed E-state index contributed by atoms with van der Waals surface area (Å²) in [6.45, 7) is 4.93. The second kappa shape index (κ2) is 4.44. The molecule has 0 aliphatic carbocycles. The fraction of sp³-hybridized carbons (Fsp3) is 0.500. The SMILES string of the molecule is CC(C)C1CN(C)c2cc(S(N)(=O)=O)ccc2O1. The summed E-state index contributed by atoms with van der Waals surface area (Å²) in [6.07, 6.45) is 0.114. The van der Waals surface area contributed by atoms with Gasteiger partial charge in [-0.1, -0.05) is 13.8 Å². The summed E-state index contributed by atoms with van der Waals surface area (Å²) in [5.74, 6) is 1.10. The smallest absolute Gasteiger partial charge is 0.238 e. The summed E-state index contributed by atoms with van der Waals surface area (Å²) in [4.78, 5) is 2.11. The molecule has 0 radical (unpaired) electrons. The number of nitrogens with two attached hydrogens (primary N) is 1. The molecule has 2 N–H and O–H groups in total. The standard InChI is InChI=1S/C12H18N2O3S/c1-8(2)12-7-14(3)10-6-9(18(13,15)16)4-5-11(10)17-12/h4-6,8,12H,7H2,1-3H3,(H2,13,15,16). The number of ether oxygens (including phenoxy) is 1. The van der Waals surface area contributed by atoms with Gasteiger partial charge in [0.05, 0.1) is 17.1 Å². The van der Waals surface area contributed by atoms with E-state index < -0.39 is 10.0 Å². The molecule has 0 bridgehead atoms. The van der Waals surface area contributed by atoms with Crippen molar-refractivity contribution >= 4 is 15.7 Å². The van der Waals surface area contributed by atoms with Gasteiger partial charge in [-0.2, -0.15) is 0 Å². The van der Waals surface area contributed by atoms with Gasteiger partial charge in [0.1, 0.15) is 11.9 Å². The van der Waals surface area contributed by atoms with Crippen LogP contribution in [0.25, 0.3) is 0 Å². The molecule has 0 fully saturated rings. The molecule has 5 nitrogen and oxygen atoms in total. The van der Waals surface area contributed by atoms with Crippen LogP contribution in [-0.4, -0.2) is 28.1 Å². The maximum atomic E-state index is 11.3. The molecule has 1 aliphatic rings. The first kappa shape index (κ1) is 13.2. The van der Waals surface area contributed by atoms with Crippen LogP contribution in [0.1, 0.15) is 13.8 Å². The Kier molecular flexibility index (Phi) is 3.25. The number of hydrogen-bond donors (Lipinski definition) is 1. The predicted octanol–water partition coefficient (Wildman–Crippen LogP) is 1.19. The van der Waals surface area contributed by atoms with Gasteiger partial charge in [-0.05, 0) is 24.1 Å². The molecule has 18 heavy (non-hydrogen) atoms. The lowest BCUT2D eigenvalue weighted by atomic mass is 10.0. The fourth-order valence-corrected chi connectivity index (χ4v) is 2.52. The average molecular weight is 270 g/mol. The number of likely N-dealkylation sites (N-methyl/N-ethyl adjacent to an activating group) is 1. The summed E-state index contributed by atoms with van der Waals surface area (Å²) < 4.78 is 28.5. The molecule has 2 rings (SSSR count). The second-order valence-corrected chi connectivity index (χ2v) is 6.52. The number of primary sulfonamides is 1. The Morgan fingerprint density at radius 1 is 1.44 bits per heavy atom. The zero-order valence-corrected chi connectivity index (χ0v) is 11.6. The number of nitrogens with zero attached hydrogens (tertiary/aromatic N) is 1. The number of rotatable bonds is 2. The van der Waals surface area contributed by atoms with E-state index in [1.807, 2.05) is 11.9 Å². The first-order chi connectivity index (χ1) is 8.29. The molecular formula is C12H18N2O3S. The van der Waals surface area contributed by atoms with Gasteiger partial charge in [0.2, 0.25) is 10.0 Å². The van der Waals surface area contributed by atoms with E-state index in [2.05, 4.69) is 13.8 Å². The highest BCUT2D eigenvalue weighted by Gasteiger charge is 2.26. The number of sulfonamides is 1. The van der Waals surface area contributed by atoms with Gasteiger partial charge >= 0.3 is 0 Å². The van der Waals surface area contributed by atoms with Crippen molar-refractivity contribution in [2.45, 2.75) is 24.8 Å². The molecule has 1 aromatic rings. The van der Waals surface area contributed by atoms with Gasteiger partial charge in [0, 0.05) is 7.05 Å². The Morgan fingerprint density at radius 2 is 2.11 bits per heavy atom. The lowest BCUT2D eigenvalue weighted by Crippen LogP contribution is -2.40. The lowest BCUT2D eigenvalue weighted by Gasteiger charge is -2.35. The van der Waals surface area contributed by atoms with Crippen LogP contribution in [0.2, 0.25) is 0 Å². The lowest BCUT2D eigenvalue weighted by molar-refractivity contribution is 0.147. The molecule has 0 saturated heterocycles. The number of hydrogen-bond acceptors (Lipinski definition) is 4. The van der Waals surface area contributed by atoms with Crippen LogP contribution < -0.4 is 14.8 Å². The molecule has 6 heteroatoms. The van der Waals surface area contributed by atoms with Crippen molar-refractivity contribution in [1.29, 1.82) is 0 Å². The molecule has 1 heterocycles. The van der Waals surface area contributed by atoms with E-state index in [0.717, 1.165) is 12.2 Å². The molecule has 1 aliphatic heterocycles. The minimum absolute atomic E-state index is 0.111. The quantitative estimate of drug-likeness (QED) is 0.876. The predicted molar refractivity (Wildman–Crippen MR) is 70.3 cm³/mol. The third-order valence-electron chi connectivity index (χ3n) is 3.15. The Balaban J connectivity index is 2.41. The normalized spacial score (nSPS) is 19.6. The summed E-state index contributed by atoms with van der Waals surface area (Å²) in [5.41, 5.74) is 0.762. The van der Waals surface area contributed by atoms with Crippen LogP contribution in [0.15, 0.2) is 23.1 Å². The molecule has 0 spiro atoms.